The van der Waals surface area contributed by atoms with Gasteiger partial charge in [0.15, 0.2) is 0 Å². The Morgan fingerprint density at radius 1 is 1.43 bits per heavy atom. The summed E-state index contributed by atoms with van der Waals surface area (Å²) in [5.41, 5.74) is 2.01. The lowest BCUT2D eigenvalue weighted by Crippen LogP contribution is -2.49. The molecule has 4 nitrogen and oxygen atoms in total. The maximum absolute atomic E-state index is 13.1. The van der Waals surface area contributed by atoms with Crippen molar-refractivity contribution in [2.45, 2.75) is 32.9 Å². The molecule has 1 N–H and O–H groups in total. The van der Waals surface area contributed by atoms with Gasteiger partial charge >= 0.3 is 0 Å². The van der Waals surface area contributed by atoms with E-state index in [1.165, 1.54) is 18.4 Å². The van der Waals surface area contributed by atoms with Crippen LogP contribution in [-0.4, -0.2) is 38.1 Å². The van der Waals surface area contributed by atoms with Crippen molar-refractivity contribution >= 4 is 10.0 Å². The number of hydrogen-bond donors (Lipinski definition) is 1. The van der Waals surface area contributed by atoms with Gasteiger partial charge in [0.2, 0.25) is 10.0 Å². The number of halogens is 1. The van der Waals surface area contributed by atoms with Crippen LogP contribution in [0.25, 0.3) is 0 Å². The smallest absolute Gasteiger partial charge is 0.211 e. The van der Waals surface area contributed by atoms with Gasteiger partial charge in [-0.2, -0.15) is 0 Å². The van der Waals surface area contributed by atoms with Gasteiger partial charge in [0, 0.05) is 25.7 Å². The van der Waals surface area contributed by atoms with Crippen molar-refractivity contribution in [1.29, 1.82) is 0 Å². The van der Waals surface area contributed by atoms with Gasteiger partial charge in [-0.15, -0.1) is 0 Å². The molecule has 0 bridgehead atoms. The highest BCUT2D eigenvalue weighted by Crippen LogP contribution is 2.20. The quantitative estimate of drug-likeness (QED) is 0.923. The topological polar surface area (TPSA) is 49.4 Å². The van der Waals surface area contributed by atoms with Gasteiger partial charge in [-0.1, -0.05) is 13.0 Å². The number of benzene rings is 1. The third-order valence-corrected chi connectivity index (χ3v) is 5.47. The molecule has 6 heteroatoms. The Kier molecular flexibility index (Phi) is 5.01. The predicted octanol–water partition coefficient (Wildman–Crippen LogP) is 1.89. The highest BCUT2D eigenvalue weighted by molar-refractivity contribution is 7.88. The third-order valence-electron chi connectivity index (χ3n) is 4.20. The van der Waals surface area contributed by atoms with Gasteiger partial charge < -0.3 is 5.32 Å². The highest BCUT2D eigenvalue weighted by Gasteiger charge is 2.30. The molecule has 2 atom stereocenters. The molecule has 0 radical (unpaired) electrons. The molecule has 2 unspecified atom stereocenters. The van der Waals surface area contributed by atoms with Gasteiger partial charge in [0.05, 0.1) is 6.26 Å². The van der Waals surface area contributed by atoms with Crippen LogP contribution in [0, 0.1) is 18.7 Å². The van der Waals surface area contributed by atoms with E-state index in [9.17, 15) is 12.8 Å². The zero-order valence-corrected chi connectivity index (χ0v) is 13.6. The number of rotatable bonds is 4. The minimum Gasteiger partial charge on any atom is -0.310 e. The summed E-state index contributed by atoms with van der Waals surface area (Å²) in [5.74, 6) is 0.0420. The molecule has 1 heterocycles. The maximum atomic E-state index is 13.1. The predicted molar refractivity (Wildman–Crippen MR) is 82.0 cm³/mol. The molecule has 1 fully saturated rings. The molecule has 21 heavy (non-hydrogen) atoms. The number of sulfonamides is 1. The monoisotopic (exact) mass is 314 g/mol. The number of piperidine rings is 1. The van der Waals surface area contributed by atoms with E-state index in [4.69, 9.17) is 0 Å². The molecular formula is C15H23FN2O2S. The Morgan fingerprint density at radius 3 is 2.71 bits per heavy atom. The lowest BCUT2D eigenvalue weighted by atomic mass is 9.95. The van der Waals surface area contributed by atoms with Gasteiger partial charge in [-0.05, 0) is 42.5 Å². The van der Waals surface area contributed by atoms with Crippen LogP contribution >= 0.6 is 0 Å². The van der Waals surface area contributed by atoms with E-state index >= 15 is 0 Å². The van der Waals surface area contributed by atoms with Crippen LogP contribution in [0.15, 0.2) is 18.2 Å². The van der Waals surface area contributed by atoms with Gasteiger partial charge in [0.25, 0.3) is 0 Å². The summed E-state index contributed by atoms with van der Waals surface area (Å²) in [4.78, 5) is 0. The molecule has 0 aromatic heterocycles. The third kappa shape index (κ3) is 4.25. The van der Waals surface area contributed by atoms with Crippen LogP contribution < -0.4 is 5.32 Å². The Bertz CT molecular complexity index is 604. The molecule has 2 rings (SSSR count). The molecule has 1 aromatic rings. The standard InChI is InChI=1S/C15H23FN2O2S/c1-11-8-14(16)5-4-13(11)9-17-15-6-7-18(10-12(15)2)21(3,19)20/h4-5,8,12,15,17H,6-7,9-10H2,1-3H3. The summed E-state index contributed by atoms with van der Waals surface area (Å²) in [6, 6.07) is 5.09. The maximum Gasteiger partial charge on any atom is 0.211 e. The van der Waals surface area contributed by atoms with E-state index in [1.807, 2.05) is 6.92 Å². The Labute approximate surface area is 126 Å². The lowest BCUT2D eigenvalue weighted by molar-refractivity contribution is 0.220. The summed E-state index contributed by atoms with van der Waals surface area (Å²) in [5, 5.41) is 3.48. The fraction of sp³-hybridized carbons (Fsp3) is 0.600. The highest BCUT2D eigenvalue weighted by atomic mass is 32.2. The number of nitrogens with zero attached hydrogens (tertiary/aromatic N) is 1. The first-order valence-electron chi connectivity index (χ1n) is 7.21. The molecule has 1 saturated heterocycles. The zero-order chi connectivity index (χ0) is 15.6. The summed E-state index contributed by atoms with van der Waals surface area (Å²) >= 11 is 0. The van der Waals surface area contributed by atoms with Crippen LogP contribution in [0.4, 0.5) is 4.39 Å². The summed E-state index contributed by atoms with van der Waals surface area (Å²) in [6.45, 7) is 5.75. The van der Waals surface area contributed by atoms with Crippen molar-refractivity contribution in [3.05, 3.63) is 35.1 Å². The van der Waals surface area contributed by atoms with Crippen molar-refractivity contribution < 1.29 is 12.8 Å². The van der Waals surface area contributed by atoms with Crippen LogP contribution in [0.2, 0.25) is 0 Å². The minimum atomic E-state index is -3.10. The summed E-state index contributed by atoms with van der Waals surface area (Å²) in [7, 11) is -3.10. The molecule has 0 spiro atoms. The molecule has 1 aliphatic rings. The van der Waals surface area contributed by atoms with E-state index in [0.29, 0.717) is 19.6 Å². The van der Waals surface area contributed by atoms with Gasteiger partial charge in [0.1, 0.15) is 5.82 Å². The van der Waals surface area contributed by atoms with Crippen molar-refractivity contribution in [1.82, 2.24) is 9.62 Å². The van der Waals surface area contributed by atoms with E-state index in [2.05, 4.69) is 12.2 Å². The van der Waals surface area contributed by atoms with E-state index in [-0.39, 0.29) is 17.8 Å². The van der Waals surface area contributed by atoms with Crippen LogP contribution in [0.3, 0.4) is 0 Å². The molecule has 0 aliphatic carbocycles. The summed E-state index contributed by atoms with van der Waals surface area (Å²) < 4.78 is 37.7. The second kappa shape index (κ2) is 6.42. The van der Waals surface area contributed by atoms with Crippen LogP contribution in [-0.2, 0) is 16.6 Å². The van der Waals surface area contributed by atoms with Gasteiger partial charge in [-0.25, -0.2) is 17.1 Å². The summed E-state index contributed by atoms with van der Waals surface area (Å²) in [6.07, 6.45) is 2.06. The molecule has 1 aromatic carbocycles. The van der Waals surface area contributed by atoms with Gasteiger partial charge in [-0.3, -0.25) is 0 Å². The molecule has 1 aliphatic heterocycles. The SMILES string of the molecule is Cc1cc(F)ccc1CNC1CCN(S(C)(=O)=O)CC1C. The van der Waals surface area contributed by atoms with Crippen molar-refractivity contribution in [2.24, 2.45) is 5.92 Å². The Morgan fingerprint density at radius 2 is 2.14 bits per heavy atom. The number of nitrogens with one attached hydrogen (secondary N) is 1. The Hall–Kier alpha value is -0.980. The van der Waals surface area contributed by atoms with Crippen molar-refractivity contribution in [2.75, 3.05) is 19.3 Å². The number of aryl methyl sites for hydroxylation is 1. The fourth-order valence-electron chi connectivity index (χ4n) is 2.81. The van der Waals surface area contributed by atoms with E-state index in [0.717, 1.165) is 17.5 Å². The Balaban J connectivity index is 1.93. The van der Waals surface area contributed by atoms with E-state index in [1.54, 1.807) is 10.4 Å². The first-order valence-corrected chi connectivity index (χ1v) is 9.05. The first-order chi connectivity index (χ1) is 9.77. The fourth-order valence-corrected chi connectivity index (χ4v) is 3.75. The molecule has 118 valence electrons. The number of hydrogen-bond acceptors (Lipinski definition) is 3. The molecule has 0 amide bonds. The zero-order valence-electron chi connectivity index (χ0n) is 12.8. The minimum absolute atomic E-state index is 0.217. The average Bonchev–Trinajstić information content (AvgIpc) is 2.38. The molecular weight excluding hydrogens is 291 g/mol. The average molecular weight is 314 g/mol. The molecule has 0 saturated carbocycles. The first kappa shape index (κ1) is 16.4. The largest absolute Gasteiger partial charge is 0.310 e. The lowest BCUT2D eigenvalue weighted by Gasteiger charge is -2.36. The second-order valence-electron chi connectivity index (χ2n) is 5.95. The van der Waals surface area contributed by atoms with E-state index < -0.39 is 10.0 Å². The van der Waals surface area contributed by atoms with Crippen molar-refractivity contribution in [3.63, 3.8) is 0 Å². The second-order valence-corrected chi connectivity index (χ2v) is 7.93. The van der Waals surface area contributed by atoms with Crippen molar-refractivity contribution in [3.8, 4) is 0 Å². The van der Waals surface area contributed by atoms with Crippen LogP contribution in [0.1, 0.15) is 24.5 Å². The van der Waals surface area contributed by atoms with Crippen LogP contribution in [0.5, 0.6) is 0 Å². The normalized spacial score (nSPS) is 24.2.